The fraction of sp³-hybridized carbons (Fsp3) is 1.00. The van der Waals surface area contributed by atoms with Crippen molar-refractivity contribution in [1.82, 2.24) is 5.32 Å². The highest BCUT2D eigenvalue weighted by molar-refractivity contribution is 4.83. The first-order chi connectivity index (χ1) is 7.14. The van der Waals surface area contributed by atoms with Crippen LogP contribution in [0.15, 0.2) is 0 Å². The second-order valence-electron chi connectivity index (χ2n) is 4.82. The van der Waals surface area contributed by atoms with Crippen LogP contribution in [0.25, 0.3) is 0 Å². The Kier molecular flexibility index (Phi) is 5.54. The minimum atomic E-state index is -1.18. The van der Waals surface area contributed by atoms with Crippen LogP contribution >= 0.6 is 0 Å². The third-order valence-corrected chi connectivity index (χ3v) is 2.84. The van der Waals surface area contributed by atoms with Crippen molar-refractivity contribution in [3.05, 3.63) is 0 Å². The summed E-state index contributed by atoms with van der Waals surface area (Å²) >= 11 is 0. The van der Waals surface area contributed by atoms with E-state index in [1.807, 2.05) is 6.92 Å². The zero-order valence-electron chi connectivity index (χ0n) is 10.0. The van der Waals surface area contributed by atoms with Gasteiger partial charge in [-0.2, -0.15) is 0 Å². The van der Waals surface area contributed by atoms with E-state index in [2.05, 4.69) is 5.32 Å². The lowest BCUT2D eigenvalue weighted by Gasteiger charge is -2.29. The Morgan fingerprint density at radius 1 is 1.47 bits per heavy atom. The van der Waals surface area contributed by atoms with Gasteiger partial charge in [0.2, 0.25) is 0 Å². The predicted molar refractivity (Wildman–Crippen MR) is 60.9 cm³/mol. The van der Waals surface area contributed by atoms with Crippen molar-refractivity contribution in [2.24, 2.45) is 0 Å². The topological polar surface area (TPSA) is 21.3 Å². The van der Waals surface area contributed by atoms with Crippen LogP contribution in [0.5, 0.6) is 0 Å². The van der Waals surface area contributed by atoms with E-state index in [0.29, 0.717) is 19.1 Å². The lowest BCUT2D eigenvalue weighted by atomic mass is 9.93. The summed E-state index contributed by atoms with van der Waals surface area (Å²) in [7, 11) is 0. The molecule has 90 valence electrons. The molecule has 1 fully saturated rings. The van der Waals surface area contributed by atoms with Crippen molar-refractivity contribution >= 4 is 0 Å². The molecule has 1 aliphatic rings. The third kappa shape index (κ3) is 5.47. The quantitative estimate of drug-likeness (QED) is 0.691. The van der Waals surface area contributed by atoms with Crippen molar-refractivity contribution in [1.29, 1.82) is 0 Å². The molecule has 0 bridgehead atoms. The molecular formula is C12H24FNO. The van der Waals surface area contributed by atoms with Crippen molar-refractivity contribution in [2.75, 3.05) is 19.8 Å². The average molecular weight is 217 g/mol. The van der Waals surface area contributed by atoms with Crippen molar-refractivity contribution in [2.45, 2.75) is 57.7 Å². The minimum Gasteiger partial charge on any atom is -0.378 e. The molecule has 0 amide bonds. The van der Waals surface area contributed by atoms with Gasteiger partial charge in [0, 0.05) is 12.6 Å². The molecule has 1 rings (SSSR count). The number of nitrogens with one attached hydrogen (secondary N) is 1. The Morgan fingerprint density at radius 3 is 2.87 bits per heavy atom. The number of rotatable bonds is 6. The SMILES string of the molecule is CCCOCC(C)(F)CC1CCCCN1. The van der Waals surface area contributed by atoms with Gasteiger partial charge >= 0.3 is 0 Å². The number of piperidine rings is 1. The summed E-state index contributed by atoms with van der Waals surface area (Å²) < 4.78 is 19.3. The van der Waals surface area contributed by atoms with E-state index in [9.17, 15) is 4.39 Å². The molecule has 3 heteroatoms. The second-order valence-corrected chi connectivity index (χ2v) is 4.82. The van der Waals surface area contributed by atoms with Gasteiger partial charge in [-0.25, -0.2) is 4.39 Å². The molecule has 0 aromatic carbocycles. The standard InChI is InChI=1S/C12H24FNO/c1-3-8-15-10-12(2,13)9-11-6-4-5-7-14-11/h11,14H,3-10H2,1-2H3. The van der Waals surface area contributed by atoms with Gasteiger partial charge in [0.25, 0.3) is 0 Å². The maximum Gasteiger partial charge on any atom is 0.132 e. The highest BCUT2D eigenvalue weighted by Crippen LogP contribution is 2.22. The molecular weight excluding hydrogens is 193 g/mol. The van der Waals surface area contributed by atoms with E-state index in [0.717, 1.165) is 19.4 Å². The van der Waals surface area contributed by atoms with Crippen LogP contribution in [-0.4, -0.2) is 31.5 Å². The van der Waals surface area contributed by atoms with Gasteiger partial charge in [0.1, 0.15) is 5.67 Å². The Hall–Kier alpha value is -0.150. The van der Waals surface area contributed by atoms with E-state index in [4.69, 9.17) is 4.74 Å². The third-order valence-electron chi connectivity index (χ3n) is 2.84. The average Bonchev–Trinajstić information content (AvgIpc) is 2.18. The van der Waals surface area contributed by atoms with Gasteiger partial charge in [-0.15, -0.1) is 0 Å². The molecule has 1 saturated heterocycles. The summed E-state index contributed by atoms with van der Waals surface area (Å²) in [6.45, 7) is 5.63. The highest BCUT2D eigenvalue weighted by atomic mass is 19.1. The van der Waals surface area contributed by atoms with Crippen LogP contribution in [0.2, 0.25) is 0 Å². The zero-order chi connectivity index (χ0) is 11.1. The first-order valence-electron chi connectivity index (χ1n) is 6.14. The van der Waals surface area contributed by atoms with Crippen molar-refractivity contribution in [3.63, 3.8) is 0 Å². The van der Waals surface area contributed by atoms with Crippen LogP contribution in [0.3, 0.4) is 0 Å². The van der Waals surface area contributed by atoms with Crippen LogP contribution < -0.4 is 5.32 Å². The Bertz CT molecular complexity index is 167. The molecule has 2 nitrogen and oxygen atoms in total. The lowest BCUT2D eigenvalue weighted by Crippen LogP contribution is -2.41. The monoisotopic (exact) mass is 217 g/mol. The van der Waals surface area contributed by atoms with Crippen LogP contribution in [0, 0.1) is 0 Å². The first-order valence-corrected chi connectivity index (χ1v) is 6.14. The zero-order valence-corrected chi connectivity index (χ0v) is 10.0. The predicted octanol–water partition coefficient (Wildman–Crippen LogP) is 2.67. The summed E-state index contributed by atoms with van der Waals surface area (Å²) in [6.07, 6.45) is 5.09. The summed E-state index contributed by atoms with van der Waals surface area (Å²) in [6, 6.07) is 0.346. The number of hydrogen-bond acceptors (Lipinski definition) is 2. The Morgan fingerprint density at radius 2 is 2.27 bits per heavy atom. The Labute approximate surface area is 92.6 Å². The maximum absolute atomic E-state index is 14.0. The van der Waals surface area contributed by atoms with Gasteiger partial charge < -0.3 is 10.1 Å². The summed E-state index contributed by atoms with van der Waals surface area (Å²) in [5.74, 6) is 0. The van der Waals surface area contributed by atoms with Gasteiger partial charge in [0.05, 0.1) is 6.61 Å². The molecule has 0 spiro atoms. The highest BCUT2D eigenvalue weighted by Gasteiger charge is 2.28. The number of hydrogen-bond donors (Lipinski definition) is 1. The summed E-state index contributed by atoms with van der Waals surface area (Å²) in [5.41, 5.74) is -1.18. The number of ether oxygens (including phenoxy) is 1. The Balaban J connectivity index is 2.20. The largest absolute Gasteiger partial charge is 0.378 e. The molecule has 0 saturated carbocycles. The fourth-order valence-corrected chi connectivity index (χ4v) is 2.10. The summed E-state index contributed by atoms with van der Waals surface area (Å²) in [5, 5.41) is 3.37. The molecule has 15 heavy (non-hydrogen) atoms. The molecule has 2 unspecified atom stereocenters. The normalized spacial score (nSPS) is 26.2. The van der Waals surface area contributed by atoms with E-state index >= 15 is 0 Å². The van der Waals surface area contributed by atoms with E-state index in [1.165, 1.54) is 12.8 Å². The van der Waals surface area contributed by atoms with E-state index in [1.54, 1.807) is 6.92 Å². The molecule has 0 aromatic rings. The van der Waals surface area contributed by atoms with Gasteiger partial charge in [-0.3, -0.25) is 0 Å². The van der Waals surface area contributed by atoms with E-state index < -0.39 is 5.67 Å². The van der Waals surface area contributed by atoms with Gasteiger partial charge in [-0.1, -0.05) is 13.3 Å². The van der Waals surface area contributed by atoms with Crippen molar-refractivity contribution < 1.29 is 9.13 Å². The van der Waals surface area contributed by atoms with Crippen LogP contribution in [-0.2, 0) is 4.74 Å². The number of halogens is 1. The molecule has 2 atom stereocenters. The van der Waals surface area contributed by atoms with Crippen molar-refractivity contribution in [3.8, 4) is 0 Å². The molecule has 1 heterocycles. The molecule has 0 aromatic heterocycles. The number of alkyl halides is 1. The smallest absolute Gasteiger partial charge is 0.132 e. The van der Waals surface area contributed by atoms with Crippen LogP contribution in [0.4, 0.5) is 4.39 Å². The first kappa shape index (κ1) is 12.9. The van der Waals surface area contributed by atoms with Gasteiger partial charge in [-0.05, 0) is 39.2 Å². The minimum absolute atomic E-state index is 0.235. The molecule has 0 aliphatic carbocycles. The lowest BCUT2D eigenvalue weighted by molar-refractivity contribution is 0.0134. The van der Waals surface area contributed by atoms with E-state index in [-0.39, 0.29) is 6.61 Å². The fourth-order valence-electron chi connectivity index (χ4n) is 2.10. The summed E-state index contributed by atoms with van der Waals surface area (Å²) in [4.78, 5) is 0. The van der Waals surface area contributed by atoms with Gasteiger partial charge in [0.15, 0.2) is 0 Å². The molecule has 1 N–H and O–H groups in total. The maximum atomic E-state index is 14.0. The molecule has 1 aliphatic heterocycles. The van der Waals surface area contributed by atoms with Crippen LogP contribution in [0.1, 0.15) is 46.0 Å². The second kappa shape index (κ2) is 6.44. The molecule has 0 radical (unpaired) electrons.